The van der Waals surface area contributed by atoms with Crippen molar-refractivity contribution in [3.63, 3.8) is 0 Å². The van der Waals surface area contributed by atoms with Gasteiger partial charge in [-0.1, -0.05) is 12.8 Å². The van der Waals surface area contributed by atoms with E-state index in [1.54, 1.807) is 4.90 Å². The third-order valence-corrected chi connectivity index (χ3v) is 4.94. The molecule has 1 aliphatic carbocycles. The molecule has 2 N–H and O–H groups in total. The first-order valence-corrected chi connectivity index (χ1v) is 7.79. The highest BCUT2D eigenvalue weighted by Crippen LogP contribution is 2.28. The fraction of sp³-hybridized carbons (Fsp3) is 0.867. The van der Waals surface area contributed by atoms with Crippen LogP contribution in [0.1, 0.15) is 52.4 Å². The zero-order valence-electron chi connectivity index (χ0n) is 12.5. The van der Waals surface area contributed by atoms with Crippen LogP contribution in [0.15, 0.2) is 0 Å². The van der Waals surface area contributed by atoms with E-state index in [1.807, 2.05) is 6.92 Å². The van der Waals surface area contributed by atoms with Crippen molar-refractivity contribution in [1.29, 1.82) is 0 Å². The Morgan fingerprint density at radius 2 is 1.90 bits per heavy atom. The Balaban J connectivity index is 1.84. The highest BCUT2D eigenvalue weighted by molar-refractivity contribution is 5.76. The van der Waals surface area contributed by atoms with Crippen molar-refractivity contribution >= 4 is 12.0 Å². The maximum atomic E-state index is 12.3. The van der Waals surface area contributed by atoms with Crippen LogP contribution < -0.4 is 5.32 Å². The summed E-state index contributed by atoms with van der Waals surface area (Å²) in [4.78, 5) is 25.1. The summed E-state index contributed by atoms with van der Waals surface area (Å²) < 4.78 is 0. The maximum Gasteiger partial charge on any atom is 0.317 e. The zero-order chi connectivity index (χ0) is 14.7. The number of hydrogen-bond donors (Lipinski definition) is 2. The number of carbonyl (C=O) groups excluding carboxylic acids is 1. The molecule has 0 radical (unpaired) electrons. The van der Waals surface area contributed by atoms with E-state index in [1.165, 1.54) is 25.7 Å². The van der Waals surface area contributed by atoms with Crippen LogP contribution >= 0.6 is 0 Å². The molecule has 0 aromatic carbocycles. The van der Waals surface area contributed by atoms with E-state index in [2.05, 4.69) is 12.2 Å². The highest BCUT2D eigenvalue weighted by Gasteiger charge is 2.33. The number of likely N-dealkylation sites (tertiary alicyclic amines) is 1. The summed E-state index contributed by atoms with van der Waals surface area (Å²) in [6.07, 6.45) is 6.07. The van der Waals surface area contributed by atoms with Gasteiger partial charge in [0.25, 0.3) is 0 Å². The molecule has 1 saturated heterocycles. The summed E-state index contributed by atoms with van der Waals surface area (Å²) in [5.41, 5.74) is 0. The summed E-state index contributed by atoms with van der Waals surface area (Å²) in [5.74, 6) is -0.441. The van der Waals surface area contributed by atoms with Crippen LogP contribution in [-0.4, -0.2) is 40.6 Å². The highest BCUT2D eigenvalue weighted by atomic mass is 16.4. The largest absolute Gasteiger partial charge is 0.481 e. The molecule has 5 nitrogen and oxygen atoms in total. The third kappa shape index (κ3) is 3.44. The molecule has 3 atom stereocenters. The molecule has 0 aromatic rings. The number of hydrogen-bond acceptors (Lipinski definition) is 2. The molecule has 0 aromatic heterocycles. The van der Waals surface area contributed by atoms with Gasteiger partial charge in [0, 0.05) is 18.6 Å². The number of aliphatic carboxylic acids is 1. The normalized spacial score (nSPS) is 29.2. The lowest BCUT2D eigenvalue weighted by Crippen LogP contribution is -2.52. The van der Waals surface area contributed by atoms with Gasteiger partial charge in [-0.2, -0.15) is 0 Å². The first-order chi connectivity index (χ1) is 9.49. The average molecular weight is 282 g/mol. The standard InChI is InChI=1S/C15H26N2O3/c1-10-9-13(14(18)19)7-8-17(10)15(20)16-11(2)12-5-3-4-6-12/h10-13H,3-9H2,1-2H3,(H,16,20)(H,18,19). The van der Waals surface area contributed by atoms with Crippen LogP contribution in [0.5, 0.6) is 0 Å². The van der Waals surface area contributed by atoms with Gasteiger partial charge in [0.1, 0.15) is 0 Å². The van der Waals surface area contributed by atoms with Crippen molar-refractivity contribution in [1.82, 2.24) is 10.2 Å². The van der Waals surface area contributed by atoms with Crippen molar-refractivity contribution < 1.29 is 14.7 Å². The Kier molecular flexibility index (Phi) is 4.89. The minimum atomic E-state index is -0.740. The molecule has 2 fully saturated rings. The fourth-order valence-corrected chi connectivity index (χ4v) is 3.55. The number of piperidine rings is 1. The molecule has 0 bridgehead atoms. The van der Waals surface area contributed by atoms with Gasteiger partial charge in [-0.3, -0.25) is 4.79 Å². The Morgan fingerprint density at radius 1 is 1.25 bits per heavy atom. The first kappa shape index (κ1) is 15.1. The molecule has 2 aliphatic rings. The van der Waals surface area contributed by atoms with Gasteiger partial charge >= 0.3 is 12.0 Å². The monoisotopic (exact) mass is 282 g/mol. The lowest BCUT2D eigenvalue weighted by molar-refractivity contribution is -0.143. The number of amides is 2. The third-order valence-electron chi connectivity index (χ3n) is 4.94. The van der Waals surface area contributed by atoms with Crippen LogP contribution in [0.2, 0.25) is 0 Å². The molecule has 2 amide bonds. The number of carboxylic acid groups (broad SMARTS) is 1. The molecule has 1 saturated carbocycles. The summed E-state index contributed by atoms with van der Waals surface area (Å²) >= 11 is 0. The van der Waals surface area contributed by atoms with Crippen molar-refractivity contribution in [3.8, 4) is 0 Å². The second-order valence-corrected chi connectivity index (χ2v) is 6.38. The minimum absolute atomic E-state index is 0.000582. The lowest BCUT2D eigenvalue weighted by Gasteiger charge is -2.37. The van der Waals surface area contributed by atoms with Gasteiger partial charge in [-0.05, 0) is 45.4 Å². The summed E-state index contributed by atoms with van der Waals surface area (Å²) in [6, 6.07) is 0.191. The second kappa shape index (κ2) is 6.46. The van der Waals surface area contributed by atoms with Gasteiger partial charge in [0.15, 0.2) is 0 Å². The Labute approximate surface area is 120 Å². The van der Waals surface area contributed by atoms with Crippen LogP contribution in [0.25, 0.3) is 0 Å². The second-order valence-electron chi connectivity index (χ2n) is 6.38. The molecular weight excluding hydrogens is 256 g/mol. The van der Waals surface area contributed by atoms with E-state index < -0.39 is 5.97 Å². The van der Waals surface area contributed by atoms with Gasteiger partial charge in [0.05, 0.1) is 5.92 Å². The van der Waals surface area contributed by atoms with Gasteiger partial charge in [0.2, 0.25) is 0 Å². The number of urea groups is 1. The van der Waals surface area contributed by atoms with E-state index in [-0.39, 0.29) is 24.0 Å². The molecule has 5 heteroatoms. The van der Waals surface area contributed by atoms with Gasteiger partial charge in [-0.15, -0.1) is 0 Å². The maximum absolute atomic E-state index is 12.3. The Hall–Kier alpha value is -1.26. The quantitative estimate of drug-likeness (QED) is 0.835. The average Bonchev–Trinajstić information content (AvgIpc) is 2.92. The SMILES string of the molecule is CC(NC(=O)N1CCC(C(=O)O)CC1C)C1CCCC1. The van der Waals surface area contributed by atoms with Crippen LogP contribution in [0.4, 0.5) is 4.79 Å². The summed E-state index contributed by atoms with van der Waals surface area (Å²) in [6.45, 7) is 4.57. The number of rotatable bonds is 3. The van der Waals surface area contributed by atoms with Crippen molar-refractivity contribution in [3.05, 3.63) is 0 Å². The molecule has 0 spiro atoms. The van der Waals surface area contributed by atoms with E-state index in [4.69, 9.17) is 5.11 Å². The van der Waals surface area contributed by atoms with Crippen molar-refractivity contribution in [2.75, 3.05) is 6.54 Å². The molecule has 1 heterocycles. The first-order valence-electron chi connectivity index (χ1n) is 7.79. The predicted molar refractivity (Wildman–Crippen MR) is 76.5 cm³/mol. The van der Waals surface area contributed by atoms with E-state index >= 15 is 0 Å². The van der Waals surface area contributed by atoms with Crippen LogP contribution in [0, 0.1) is 11.8 Å². The molecular formula is C15H26N2O3. The molecule has 3 unspecified atom stereocenters. The fourth-order valence-electron chi connectivity index (χ4n) is 3.55. The van der Waals surface area contributed by atoms with Crippen molar-refractivity contribution in [2.45, 2.75) is 64.5 Å². The van der Waals surface area contributed by atoms with E-state index in [0.717, 1.165) is 0 Å². The van der Waals surface area contributed by atoms with Crippen molar-refractivity contribution in [2.24, 2.45) is 11.8 Å². The summed E-state index contributed by atoms with van der Waals surface area (Å²) in [7, 11) is 0. The predicted octanol–water partition coefficient (Wildman–Crippen LogP) is 2.46. The Bertz CT molecular complexity index is 366. The smallest absolute Gasteiger partial charge is 0.317 e. The van der Waals surface area contributed by atoms with Crippen LogP contribution in [0.3, 0.4) is 0 Å². The number of carbonyl (C=O) groups is 2. The number of nitrogens with one attached hydrogen (secondary N) is 1. The lowest BCUT2D eigenvalue weighted by atomic mass is 9.92. The molecule has 20 heavy (non-hydrogen) atoms. The molecule has 114 valence electrons. The topological polar surface area (TPSA) is 69.6 Å². The Morgan fingerprint density at radius 3 is 2.45 bits per heavy atom. The minimum Gasteiger partial charge on any atom is -0.481 e. The van der Waals surface area contributed by atoms with Crippen LogP contribution in [-0.2, 0) is 4.79 Å². The molecule has 2 rings (SSSR count). The number of nitrogens with zero attached hydrogens (tertiary/aromatic N) is 1. The molecule has 1 aliphatic heterocycles. The van der Waals surface area contributed by atoms with Gasteiger partial charge < -0.3 is 15.3 Å². The number of carboxylic acids is 1. The van der Waals surface area contributed by atoms with E-state index in [9.17, 15) is 9.59 Å². The summed E-state index contributed by atoms with van der Waals surface area (Å²) in [5, 5.41) is 12.2. The van der Waals surface area contributed by atoms with E-state index in [0.29, 0.717) is 25.3 Å². The zero-order valence-corrected chi connectivity index (χ0v) is 12.5. The van der Waals surface area contributed by atoms with Gasteiger partial charge in [-0.25, -0.2) is 4.79 Å².